The number of nitrogens with one attached hydrogen (secondary N) is 1. The first-order valence-electron chi connectivity index (χ1n) is 5.58. The molecule has 0 spiro atoms. The molecule has 2 heterocycles. The van der Waals surface area contributed by atoms with Gasteiger partial charge >= 0.3 is 0 Å². The highest BCUT2D eigenvalue weighted by molar-refractivity contribution is 5.81. The maximum Gasteiger partial charge on any atom is 0.102 e. The first-order chi connectivity index (χ1) is 7.36. The second-order valence-electron chi connectivity index (χ2n) is 3.99. The minimum absolute atomic E-state index is 0.668. The van der Waals surface area contributed by atoms with Crippen molar-refractivity contribution in [2.75, 3.05) is 13.1 Å². The lowest BCUT2D eigenvalue weighted by atomic mass is 10.1. The smallest absolute Gasteiger partial charge is 0.102 e. The minimum Gasteiger partial charge on any atom is -0.360 e. The zero-order valence-corrected chi connectivity index (χ0v) is 8.95. The van der Waals surface area contributed by atoms with Crippen LogP contribution in [0, 0.1) is 5.41 Å². The number of piperidine rings is 1. The van der Waals surface area contributed by atoms with Crippen molar-refractivity contribution in [3.63, 3.8) is 0 Å². The molecule has 0 amide bonds. The Morgan fingerprint density at radius 2 is 2.07 bits per heavy atom. The van der Waals surface area contributed by atoms with Crippen molar-refractivity contribution >= 4 is 5.84 Å². The van der Waals surface area contributed by atoms with Gasteiger partial charge in [0.25, 0.3) is 0 Å². The highest BCUT2D eigenvalue weighted by Gasteiger charge is 2.13. The lowest BCUT2D eigenvalue weighted by Gasteiger charge is -2.28. The van der Waals surface area contributed by atoms with Crippen molar-refractivity contribution in [1.29, 1.82) is 5.41 Å². The quantitative estimate of drug-likeness (QED) is 0.590. The zero-order chi connectivity index (χ0) is 10.5. The summed E-state index contributed by atoms with van der Waals surface area (Å²) in [4.78, 5) is 6.42. The van der Waals surface area contributed by atoms with Crippen LogP contribution in [0.25, 0.3) is 0 Å². The van der Waals surface area contributed by atoms with Crippen LogP contribution in [0.5, 0.6) is 0 Å². The third kappa shape index (κ3) is 2.78. The number of aromatic nitrogens is 1. The van der Waals surface area contributed by atoms with Crippen molar-refractivity contribution in [2.24, 2.45) is 0 Å². The van der Waals surface area contributed by atoms with Crippen LogP contribution in [0.3, 0.4) is 0 Å². The molecule has 1 N–H and O–H groups in total. The summed E-state index contributed by atoms with van der Waals surface area (Å²) >= 11 is 0. The Bertz CT molecular complexity index is 315. The van der Waals surface area contributed by atoms with Gasteiger partial charge in [0.1, 0.15) is 5.84 Å². The molecule has 0 radical (unpaired) electrons. The monoisotopic (exact) mass is 203 g/mol. The Hall–Kier alpha value is -1.38. The largest absolute Gasteiger partial charge is 0.360 e. The number of hydrogen-bond acceptors (Lipinski definition) is 2. The number of rotatable bonds is 2. The Balaban J connectivity index is 1.91. The maximum atomic E-state index is 8.01. The van der Waals surface area contributed by atoms with Gasteiger partial charge in [0.15, 0.2) is 0 Å². The molecular weight excluding hydrogens is 186 g/mol. The third-order valence-electron chi connectivity index (χ3n) is 2.81. The molecule has 3 nitrogen and oxygen atoms in total. The standard InChI is InChI=1S/C12H17N3/c13-12(15-8-4-1-5-9-15)10-11-6-2-3-7-14-11/h2-3,6-7,13H,1,4-5,8-10H2. The molecular formula is C12H17N3. The predicted octanol–water partition coefficient (Wildman–Crippen LogP) is 2.09. The normalized spacial score (nSPS) is 16.4. The van der Waals surface area contributed by atoms with Crippen LogP contribution in [0.2, 0.25) is 0 Å². The molecule has 1 fully saturated rings. The summed E-state index contributed by atoms with van der Waals surface area (Å²) in [6.07, 6.45) is 6.22. The van der Waals surface area contributed by atoms with E-state index in [0.717, 1.165) is 18.8 Å². The SMILES string of the molecule is N=C(Cc1ccccn1)N1CCCCC1. The number of hydrogen-bond donors (Lipinski definition) is 1. The Labute approximate surface area is 90.6 Å². The molecule has 2 rings (SSSR count). The fraction of sp³-hybridized carbons (Fsp3) is 0.500. The van der Waals surface area contributed by atoms with E-state index < -0.39 is 0 Å². The van der Waals surface area contributed by atoms with E-state index in [1.807, 2.05) is 18.2 Å². The molecule has 0 unspecified atom stereocenters. The fourth-order valence-corrected chi connectivity index (χ4v) is 1.95. The van der Waals surface area contributed by atoms with Crippen LogP contribution >= 0.6 is 0 Å². The number of pyridine rings is 1. The van der Waals surface area contributed by atoms with E-state index in [4.69, 9.17) is 5.41 Å². The van der Waals surface area contributed by atoms with Crippen molar-refractivity contribution in [2.45, 2.75) is 25.7 Å². The van der Waals surface area contributed by atoms with Crippen LogP contribution in [0.15, 0.2) is 24.4 Å². The van der Waals surface area contributed by atoms with E-state index in [0.29, 0.717) is 12.3 Å². The van der Waals surface area contributed by atoms with E-state index in [9.17, 15) is 0 Å². The van der Waals surface area contributed by atoms with Crippen molar-refractivity contribution in [1.82, 2.24) is 9.88 Å². The van der Waals surface area contributed by atoms with E-state index in [-0.39, 0.29) is 0 Å². The molecule has 1 aliphatic rings. The molecule has 0 saturated carbocycles. The van der Waals surface area contributed by atoms with Gasteiger partial charge in [0.05, 0.1) is 0 Å². The second-order valence-corrected chi connectivity index (χ2v) is 3.99. The number of nitrogens with zero attached hydrogens (tertiary/aromatic N) is 2. The molecule has 15 heavy (non-hydrogen) atoms. The van der Waals surface area contributed by atoms with Crippen molar-refractivity contribution < 1.29 is 0 Å². The summed E-state index contributed by atoms with van der Waals surface area (Å²) in [5, 5.41) is 8.01. The molecule has 1 aromatic rings. The number of amidine groups is 1. The first kappa shape index (κ1) is 10.1. The average molecular weight is 203 g/mol. The van der Waals surface area contributed by atoms with Gasteiger partial charge in [0, 0.05) is 31.4 Å². The highest BCUT2D eigenvalue weighted by atomic mass is 15.2. The van der Waals surface area contributed by atoms with Gasteiger partial charge in [-0.2, -0.15) is 0 Å². The van der Waals surface area contributed by atoms with Crippen LogP contribution < -0.4 is 0 Å². The zero-order valence-electron chi connectivity index (χ0n) is 8.95. The van der Waals surface area contributed by atoms with E-state index in [1.165, 1.54) is 19.3 Å². The first-order valence-corrected chi connectivity index (χ1v) is 5.58. The van der Waals surface area contributed by atoms with Gasteiger partial charge in [-0.1, -0.05) is 6.07 Å². The summed E-state index contributed by atoms with van der Waals surface area (Å²) in [5.41, 5.74) is 0.994. The van der Waals surface area contributed by atoms with E-state index in [1.54, 1.807) is 6.20 Å². The molecule has 0 aromatic carbocycles. The molecule has 0 atom stereocenters. The lowest BCUT2D eigenvalue weighted by Crippen LogP contribution is -2.36. The third-order valence-corrected chi connectivity index (χ3v) is 2.81. The molecule has 0 aliphatic carbocycles. The van der Waals surface area contributed by atoms with Crippen LogP contribution in [0.1, 0.15) is 25.0 Å². The summed E-state index contributed by atoms with van der Waals surface area (Å²) in [5.74, 6) is 0.716. The lowest BCUT2D eigenvalue weighted by molar-refractivity contribution is 0.336. The number of likely N-dealkylation sites (tertiary alicyclic amines) is 1. The van der Waals surface area contributed by atoms with Gasteiger partial charge in [-0.05, 0) is 31.4 Å². The fourth-order valence-electron chi connectivity index (χ4n) is 1.95. The van der Waals surface area contributed by atoms with Gasteiger partial charge in [-0.15, -0.1) is 0 Å². The summed E-state index contributed by atoms with van der Waals surface area (Å²) in [6.45, 7) is 2.09. The summed E-state index contributed by atoms with van der Waals surface area (Å²) in [6, 6.07) is 5.87. The van der Waals surface area contributed by atoms with Crippen molar-refractivity contribution in [3.8, 4) is 0 Å². The Morgan fingerprint density at radius 1 is 1.27 bits per heavy atom. The van der Waals surface area contributed by atoms with Gasteiger partial charge in [0.2, 0.25) is 0 Å². The van der Waals surface area contributed by atoms with Gasteiger partial charge in [-0.3, -0.25) is 10.4 Å². The summed E-state index contributed by atoms with van der Waals surface area (Å²) < 4.78 is 0. The molecule has 1 aliphatic heterocycles. The van der Waals surface area contributed by atoms with Crippen LogP contribution in [0.4, 0.5) is 0 Å². The van der Waals surface area contributed by atoms with E-state index in [2.05, 4.69) is 9.88 Å². The molecule has 0 bridgehead atoms. The minimum atomic E-state index is 0.668. The van der Waals surface area contributed by atoms with Crippen LogP contribution in [-0.4, -0.2) is 28.8 Å². The second kappa shape index (κ2) is 4.91. The Kier molecular flexibility index (Phi) is 3.33. The highest BCUT2D eigenvalue weighted by Crippen LogP contribution is 2.10. The molecule has 3 heteroatoms. The Morgan fingerprint density at radius 3 is 2.73 bits per heavy atom. The molecule has 80 valence electrons. The van der Waals surface area contributed by atoms with Gasteiger partial charge in [-0.25, -0.2) is 0 Å². The van der Waals surface area contributed by atoms with Crippen LogP contribution in [-0.2, 0) is 6.42 Å². The molecule has 1 aromatic heterocycles. The molecule has 1 saturated heterocycles. The topological polar surface area (TPSA) is 40.0 Å². The average Bonchev–Trinajstić information content (AvgIpc) is 2.31. The summed E-state index contributed by atoms with van der Waals surface area (Å²) in [7, 11) is 0. The van der Waals surface area contributed by atoms with E-state index >= 15 is 0 Å². The maximum absolute atomic E-state index is 8.01. The van der Waals surface area contributed by atoms with Crippen molar-refractivity contribution in [3.05, 3.63) is 30.1 Å². The van der Waals surface area contributed by atoms with Gasteiger partial charge < -0.3 is 4.90 Å². The predicted molar refractivity (Wildman–Crippen MR) is 61.1 cm³/mol.